The number of nitrogens with one attached hydrogen (secondary N) is 1. The molecule has 2 aliphatic rings. The second kappa shape index (κ2) is 7.67. The van der Waals surface area contributed by atoms with Gasteiger partial charge in [0, 0.05) is 38.8 Å². The van der Waals surface area contributed by atoms with E-state index in [1.54, 1.807) is 0 Å². The third kappa shape index (κ3) is 4.51. The van der Waals surface area contributed by atoms with Gasteiger partial charge in [-0.25, -0.2) is 4.79 Å². The van der Waals surface area contributed by atoms with Crippen LogP contribution in [0.15, 0.2) is 11.6 Å². The Bertz CT molecular complexity index is 344. The predicted molar refractivity (Wildman–Crippen MR) is 82.8 cm³/mol. The van der Waals surface area contributed by atoms with Crippen LogP contribution in [0.1, 0.15) is 46.0 Å². The lowest BCUT2D eigenvalue weighted by molar-refractivity contribution is 0.119. The second-order valence-corrected chi connectivity index (χ2v) is 6.21. The van der Waals surface area contributed by atoms with Crippen molar-refractivity contribution in [3.63, 3.8) is 0 Å². The first kappa shape index (κ1) is 15.4. The molecule has 0 spiro atoms. The SMILES string of the molecule is CC(C)N1CCN(C(=O)NCCC2=CCCCC2)CC1. The standard InChI is InChI=1S/C16H29N3O/c1-14(2)18-10-12-19(13-11-18)16(20)17-9-8-15-6-4-3-5-7-15/h6,14H,3-5,7-13H2,1-2H3,(H,17,20). The van der Waals surface area contributed by atoms with Crippen molar-refractivity contribution in [1.29, 1.82) is 0 Å². The lowest BCUT2D eigenvalue weighted by Gasteiger charge is -2.36. The van der Waals surface area contributed by atoms with Gasteiger partial charge in [-0.05, 0) is 46.0 Å². The van der Waals surface area contributed by atoms with E-state index in [0.717, 1.165) is 39.1 Å². The van der Waals surface area contributed by atoms with E-state index in [2.05, 4.69) is 30.1 Å². The number of allylic oxidation sites excluding steroid dienone is 1. The summed E-state index contributed by atoms with van der Waals surface area (Å²) in [6, 6.07) is 0.697. The highest BCUT2D eigenvalue weighted by Crippen LogP contribution is 2.19. The smallest absolute Gasteiger partial charge is 0.317 e. The molecule has 0 bridgehead atoms. The van der Waals surface area contributed by atoms with Crippen LogP contribution in [-0.4, -0.2) is 54.6 Å². The molecule has 1 heterocycles. The van der Waals surface area contributed by atoms with E-state index >= 15 is 0 Å². The fourth-order valence-electron chi connectivity index (χ4n) is 3.01. The van der Waals surface area contributed by atoms with Crippen LogP contribution >= 0.6 is 0 Å². The van der Waals surface area contributed by atoms with E-state index < -0.39 is 0 Å². The molecule has 1 N–H and O–H groups in total. The summed E-state index contributed by atoms with van der Waals surface area (Å²) in [5, 5.41) is 3.07. The molecule has 2 rings (SSSR count). The van der Waals surface area contributed by atoms with Gasteiger partial charge in [0.05, 0.1) is 0 Å². The second-order valence-electron chi connectivity index (χ2n) is 6.21. The summed E-state index contributed by atoms with van der Waals surface area (Å²) in [5.41, 5.74) is 1.53. The molecule has 0 aromatic heterocycles. The van der Waals surface area contributed by atoms with E-state index in [9.17, 15) is 4.79 Å². The number of carbonyl (C=O) groups excluding carboxylic acids is 1. The molecule has 0 aromatic carbocycles. The number of rotatable bonds is 4. The van der Waals surface area contributed by atoms with Crippen molar-refractivity contribution in [3.05, 3.63) is 11.6 Å². The minimum Gasteiger partial charge on any atom is -0.338 e. The average Bonchev–Trinajstić information content (AvgIpc) is 2.48. The monoisotopic (exact) mass is 279 g/mol. The van der Waals surface area contributed by atoms with Gasteiger partial charge in [-0.2, -0.15) is 0 Å². The van der Waals surface area contributed by atoms with Gasteiger partial charge in [0.1, 0.15) is 0 Å². The first-order chi connectivity index (χ1) is 9.66. The maximum absolute atomic E-state index is 12.1. The number of nitrogens with zero attached hydrogens (tertiary/aromatic N) is 2. The first-order valence-corrected chi connectivity index (χ1v) is 8.11. The van der Waals surface area contributed by atoms with Gasteiger partial charge < -0.3 is 10.2 Å². The molecule has 1 fully saturated rings. The largest absolute Gasteiger partial charge is 0.338 e. The van der Waals surface area contributed by atoms with Gasteiger partial charge in [0.2, 0.25) is 0 Å². The Hall–Kier alpha value is -1.03. The van der Waals surface area contributed by atoms with Crippen LogP contribution in [0.3, 0.4) is 0 Å². The van der Waals surface area contributed by atoms with Crippen molar-refractivity contribution < 1.29 is 4.79 Å². The summed E-state index contributed by atoms with van der Waals surface area (Å²) in [5.74, 6) is 0. The molecular weight excluding hydrogens is 250 g/mol. The summed E-state index contributed by atoms with van der Waals surface area (Å²) in [6.07, 6.45) is 8.48. The molecule has 0 radical (unpaired) electrons. The topological polar surface area (TPSA) is 35.6 Å². The number of piperazine rings is 1. The molecule has 4 heteroatoms. The predicted octanol–water partition coefficient (Wildman–Crippen LogP) is 2.61. The Labute approximate surface area is 123 Å². The lowest BCUT2D eigenvalue weighted by atomic mass is 9.97. The Balaban J connectivity index is 1.64. The van der Waals surface area contributed by atoms with E-state index in [-0.39, 0.29) is 6.03 Å². The molecule has 0 unspecified atom stereocenters. The van der Waals surface area contributed by atoms with E-state index in [4.69, 9.17) is 0 Å². The molecule has 20 heavy (non-hydrogen) atoms. The summed E-state index contributed by atoms with van der Waals surface area (Å²) in [7, 11) is 0. The minimum absolute atomic E-state index is 0.116. The molecule has 4 nitrogen and oxygen atoms in total. The van der Waals surface area contributed by atoms with E-state index in [1.165, 1.54) is 31.3 Å². The summed E-state index contributed by atoms with van der Waals surface area (Å²) < 4.78 is 0. The normalized spacial score (nSPS) is 20.9. The van der Waals surface area contributed by atoms with Gasteiger partial charge >= 0.3 is 6.03 Å². The fraction of sp³-hybridized carbons (Fsp3) is 0.812. The number of hydrogen-bond donors (Lipinski definition) is 1. The van der Waals surface area contributed by atoms with Crippen LogP contribution in [0, 0.1) is 0 Å². The van der Waals surface area contributed by atoms with Gasteiger partial charge in [0.25, 0.3) is 0 Å². The Kier molecular flexibility index (Phi) is 5.89. The quantitative estimate of drug-likeness (QED) is 0.803. The highest BCUT2D eigenvalue weighted by molar-refractivity contribution is 5.74. The Morgan fingerprint density at radius 2 is 2.00 bits per heavy atom. The van der Waals surface area contributed by atoms with Crippen LogP contribution in [0.4, 0.5) is 4.79 Å². The molecule has 1 saturated heterocycles. The van der Waals surface area contributed by atoms with Crippen LogP contribution in [-0.2, 0) is 0 Å². The van der Waals surface area contributed by atoms with Crippen molar-refractivity contribution in [1.82, 2.24) is 15.1 Å². The van der Waals surface area contributed by atoms with Crippen LogP contribution in [0.25, 0.3) is 0 Å². The highest BCUT2D eigenvalue weighted by atomic mass is 16.2. The zero-order valence-electron chi connectivity index (χ0n) is 13.0. The van der Waals surface area contributed by atoms with Crippen LogP contribution in [0.5, 0.6) is 0 Å². The molecule has 0 saturated carbocycles. The van der Waals surface area contributed by atoms with Gasteiger partial charge in [-0.15, -0.1) is 0 Å². The molecule has 0 atom stereocenters. The third-order valence-electron chi connectivity index (χ3n) is 4.44. The van der Waals surface area contributed by atoms with Crippen molar-refractivity contribution in [3.8, 4) is 0 Å². The summed E-state index contributed by atoms with van der Waals surface area (Å²) in [4.78, 5) is 16.5. The molecule has 1 aliphatic carbocycles. The molecule has 0 aromatic rings. The molecular formula is C16H29N3O. The van der Waals surface area contributed by atoms with Crippen LogP contribution in [0.2, 0.25) is 0 Å². The highest BCUT2D eigenvalue weighted by Gasteiger charge is 2.21. The maximum atomic E-state index is 12.1. The van der Waals surface area contributed by atoms with Crippen molar-refractivity contribution >= 4 is 6.03 Å². The zero-order valence-corrected chi connectivity index (χ0v) is 13.0. The number of urea groups is 1. The van der Waals surface area contributed by atoms with Gasteiger partial charge in [-0.1, -0.05) is 11.6 Å². The fourth-order valence-corrected chi connectivity index (χ4v) is 3.01. The maximum Gasteiger partial charge on any atom is 0.317 e. The number of carbonyl (C=O) groups is 1. The van der Waals surface area contributed by atoms with Crippen molar-refractivity contribution in [2.45, 2.75) is 52.0 Å². The molecule has 114 valence electrons. The van der Waals surface area contributed by atoms with Crippen molar-refractivity contribution in [2.24, 2.45) is 0 Å². The van der Waals surface area contributed by atoms with Crippen LogP contribution < -0.4 is 5.32 Å². The summed E-state index contributed by atoms with van der Waals surface area (Å²) >= 11 is 0. The van der Waals surface area contributed by atoms with Gasteiger partial charge in [-0.3, -0.25) is 4.90 Å². The number of amides is 2. The Morgan fingerprint density at radius 1 is 1.25 bits per heavy atom. The lowest BCUT2D eigenvalue weighted by Crippen LogP contribution is -2.53. The third-order valence-corrected chi connectivity index (χ3v) is 4.44. The number of hydrogen-bond acceptors (Lipinski definition) is 2. The minimum atomic E-state index is 0.116. The van der Waals surface area contributed by atoms with E-state index in [1.807, 2.05) is 4.90 Å². The molecule has 2 amide bonds. The van der Waals surface area contributed by atoms with Crippen molar-refractivity contribution in [2.75, 3.05) is 32.7 Å². The average molecular weight is 279 g/mol. The first-order valence-electron chi connectivity index (χ1n) is 8.11. The molecule has 1 aliphatic heterocycles. The van der Waals surface area contributed by atoms with Gasteiger partial charge in [0.15, 0.2) is 0 Å². The Morgan fingerprint density at radius 3 is 2.60 bits per heavy atom. The zero-order chi connectivity index (χ0) is 14.4. The van der Waals surface area contributed by atoms with E-state index in [0.29, 0.717) is 6.04 Å². The summed E-state index contributed by atoms with van der Waals surface area (Å²) in [6.45, 7) is 8.92.